The topological polar surface area (TPSA) is 17.1 Å². The van der Waals surface area contributed by atoms with E-state index in [2.05, 4.69) is 27.7 Å². The zero-order valence-corrected chi connectivity index (χ0v) is 8.90. The van der Waals surface area contributed by atoms with Crippen molar-refractivity contribution >= 4 is 5.78 Å². The normalized spacial score (nSPS) is 39.9. The van der Waals surface area contributed by atoms with Crippen molar-refractivity contribution < 1.29 is 4.79 Å². The van der Waals surface area contributed by atoms with Crippen molar-refractivity contribution in [3.8, 4) is 0 Å². The molecule has 0 amide bonds. The monoisotopic (exact) mass is 168 g/mol. The van der Waals surface area contributed by atoms with Crippen LogP contribution in [0, 0.1) is 16.7 Å². The Balaban J connectivity index is 3.01. The number of carbonyl (C=O) groups excluding carboxylic acids is 1. The second-order valence-corrected chi connectivity index (χ2v) is 5.05. The molecule has 1 heteroatoms. The Bertz CT molecular complexity index is 205. The fourth-order valence-electron chi connectivity index (χ4n) is 2.36. The number of ketones is 1. The van der Waals surface area contributed by atoms with Gasteiger partial charge in [0.2, 0.25) is 0 Å². The van der Waals surface area contributed by atoms with Gasteiger partial charge in [-0.05, 0) is 31.1 Å². The van der Waals surface area contributed by atoms with Gasteiger partial charge in [0, 0.05) is 5.41 Å². The van der Waals surface area contributed by atoms with Crippen molar-refractivity contribution in [1.29, 1.82) is 0 Å². The summed E-state index contributed by atoms with van der Waals surface area (Å²) >= 11 is 0. The third-order valence-electron chi connectivity index (χ3n) is 4.51. The molecule has 1 aliphatic carbocycles. The van der Waals surface area contributed by atoms with Crippen LogP contribution in [-0.4, -0.2) is 5.78 Å². The van der Waals surface area contributed by atoms with Gasteiger partial charge in [0.1, 0.15) is 5.78 Å². The van der Waals surface area contributed by atoms with Crippen LogP contribution in [0.4, 0.5) is 0 Å². The Morgan fingerprint density at radius 2 is 1.83 bits per heavy atom. The van der Waals surface area contributed by atoms with Crippen molar-refractivity contribution in [1.82, 2.24) is 0 Å². The molecule has 0 aromatic carbocycles. The lowest BCUT2D eigenvalue weighted by atomic mass is 9.64. The lowest BCUT2D eigenvalue weighted by molar-refractivity contribution is -0.131. The predicted octanol–water partition coefficient (Wildman–Crippen LogP) is 3.04. The van der Waals surface area contributed by atoms with Crippen LogP contribution in [0.3, 0.4) is 0 Å². The molecule has 0 bridgehead atoms. The highest BCUT2D eigenvalue weighted by Crippen LogP contribution is 2.55. The molecule has 1 unspecified atom stereocenters. The van der Waals surface area contributed by atoms with Crippen molar-refractivity contribution in [3.63, 3.8) is 0 Å². The van der Waals surface area contributed by atoms with Crippen LogP contribution < -0.4 is 0 Å². The van der Waals surface area contributed by atoms with Gasteiger partial charge in [-0.2, -0.15) is 0 Å². The SMILES string of the molecule is CC(=O)[C@@]1(C)CCC(C)C1(C)C. The van der Waals surface area contributed by atoms with E-state index in [1.807, 2.05) is 0 Å². The smallest absolute Gasteiger partial charge is 0.136 e. The quantitative estimate of drug-likeness (QED) is 0.588. The number of Topliss-reactive ketones (excluding diaryl/α,β-unsaturated/α-hetero) is 1. The maximum Gasteiger partial charge on any atom is 0.136 e. The van der Waals surface area contributed by atoms with E-state index in [0.29, 0.717) is 11.7 Å². The molecular formula is C11H20O. The molecule has 0 aromatic rings. The minimum atomic E-state index is -0.0770. The molecule has 0 spiro atoms. The Labute approximate surface area is 75.5 Å². The van der Waals surface area contributed by atoms with Crippen LogP contribution in [0.25, 0.3) is 0 Å². The molecule has 0 radical (unpaired) electrons. The van der Waals surface area contributed by atoms with Gasteiger partial charge in [0.05, 0.1) is 0 Å². The Kier molecular flexibility index (Phi) is 2.10. The Morgan fingerprint density at radius 1 is 1.33 bits per heavy atom. The molecule has 12 heavy (non-hydrogen) atoms. The van der Waals surface area contributed by atoms with Gasteiger partial charge in [-0.3, -0.25) is 4.79 Å². The molecule has 1 saturated carbocycles. The third-order valence-corrected chi connectivity index (χ3v) is 4.51. The van der Waals surface area contributed by atoms with Crippen molar-refractivity contribution in [2.75, 3.05) is 0 Å². The van der Waals surface area contributed by atoms with Crippen molar-refractivity contribution in [3.05, 3.63) is 0 Å². The number of hydrogen-bond donors (Lipinski definition) is 0. The van der Waals surface area contributed by atoms with E-state index < -0.39 is 0 Å². The molecule has 1 fully saturated rings. The fourth-order valence-corrected chi connectivity index (χ4v) is 2.36. The molecule has 0 N–H and O–H groups in total. The van der Waals surface area contributed by atoms with Gasteiger partial charge < -0.3 is 0 Å². The fraction of sp³-hybridized carbons (Fsp3) is 0.909. The van der Waals surface area contributed by atoms with Crippen LogP contribution in [0.5, 0.6) is 0 Å². The first-order valence-corrected chi connectivity index (χ1v) is 4.83. The molecule has 0 heterocycles. The average molecular weight is 168 g/mol. The third kappa shape index (κ3) is 1.02. The second kappa shape index (κ2) is 2.58. The number of rotatable bonds is 1. The molecule has 0 aromatic heterocycles. The first-order valence-electron chi connectivity index (χ1n) is 4.83. The highest BCUT2D eigenvalue weighted by Gasteiger charge is 2.52. The molecular weight excluding hydrogens is 148 g/mol. The first-order chi connectivity index (χ1) is 5.32. The molecule has 2 atom stereocenters. The minimum absolute atomic E-state index is 0.0770. The summed E-state index contributed by atoms with van der Waals surface area (Å²) in [6.07, 6.45) is 2.26. The maximum atomic E-state index is 11.5. The van der Waals surface area contributed by atoms with Gasteiger partial charge in [0.25, 0.3) is 0 Å². The molecule has 1 rings (SSSR count). The summed E-state index contributed by atoms with van der Waals surface area (Å²) in [4.78, 5) is 11.5. The summed E-state index contributed by atoms with van der Waals surface area (Å²) in [6, 6.07) is 0. The van der Waals surface area contributed by atoms with Crippen LogP contribution in [0.2, 0.25) is 0 Å². The summed E-state index contributed by atoms with van der Waals surface area (Å²) in [5, 5.41) is 0. The second-order valence-electron chi connectivity index (χ2n) is 5.05. The van der Waals surface area contributed by atoms with E-state index in [-0.39, 0.29) is 10.8 Å². The summed E-state index contributed by atoms with van der Waals surface area (Å²) in [5.74, 6) is 1.03. The van der Waals surface area contributed by atoms with Gasteiger partial charge in [-0.15, -0.1) is 0 Å². The average Bonchev–Trinajstić information content (AvgIpc) is 2.15. The van der Waals surface area contributed by atoms with E-state index in [4.69, 9.17) is 0 Å². The van der Waals surface area contributed by atoms with Crippen molar-refractivity contribution in [2.24, 2.45) is 16.7 Å². The zero-order chi connectivity index (χ0) is 9.57. The summed E-state index contributed by atoms with van der Waals surface area (Å²) in [7, 11) is 0. The van der Waals surface area contributed by atoms with Gasteiger partial charge in [0.15, 0.2) is 0 Å². The molecule has 0 aliphatic heterocycles. The summed E-state index contributed by atoms with van der Waals surface area (Å²) in [6.45, 7) is 10.6. The van der Waals surface area contributed by atoms with Crippen LogP contribution in [0.15, 0.2) is 0 Å². The lowest BCUT2D eigenvalue weighted by Gasteiger charge is -2.38. The standard InChI is InChI=1S/C11H20O/c1-8-6-7-11(5,9(2)12)10(8,3)4/h8H,6-7H2,1-5H3/t8?,11-/m1/s1. The van der Waals surface area contributed by atoms with Gasteiger partial charge in [-0.1, -0.05) is 27.7 Å². The highest BCUT2D eigenvalue weighted by molar-refractivity contribution is 5.83. The Morgan fingerprint density at radius 3 is 2.00 bits per heavy atom. The van der Waals surface area contributed by atoms with Crippen LogP contribution >= 0.6 is 0 Å². The number of hydrogen-bond acceptors (Lipinski definition) is 1. The predicted molar refractivity (Wildman–Crippen MR) is 51.0 cm³/mol. The van der Waals surface area contributed by atoms with E-state index in [1.165, 1.54) is 6.42 Å². The zero-order valence-electron chi connectivity index (χ0n) is 8.90. The lowest BCUT2D eigenvalue weighted by Crippen LogP contribution is -2.38. The van der Waals surface area contributed by atoms with E-state index in [0.717, 1.165) is 6.42 Å². The Hall–Kier alpha value is -0.330. The van der Waals surface area contributed by atoms with E-state index in [9.17, 15) is 4.79 Å². The van der Waals surface area contributed by atoms with Crippen molar-refractivity contribution in [2.45, 2.75) is 47.5 Å². The molecule has 1 nitrogen and oxygen atoms in total. The molecule has 70 valence electrons. The molecule has 1 aliphatic rings. The molecule has 0 saturated heterocycles. The highest BCUT2D eigenvalue weighted by atomic mass is 16.1. The van der Waals surface area contributed by atoms with Crippen LogP contribution in [0.1, 0.15) is 47.5 Å². The summed E-state index contributed by atoms with van der Waals surface area (Å²) in [5.41, 5.74) is 0.102. The first kappa shape index (κ1) is 9.76. The minimum Gasteiger partial charge on any atom is -0.299 e. The van der Waals surface area contributed by atoms with E-state index in [1.54, 1.807) is 6.92 Å². The van der Waals surface area contributed by atoms with E-state index >= 15 is 0 Å². The number of carbonyl (C=O) groups is 1. The van der Waals surface area contributed by atoms with Crippen LogP contribution in [-0.2, 0) is 4.79 Å². The maximum absolute atomic E-state index is 11.5. The van der Waals surface area contributed by atoms with Gasteiger partial charge in [-0.25, -0.2) is 0 Å². The largest absolute Gasteiger partial charge is 0.299 e. The summed E-state index contributed by atoms with van der Waals surface area (Å²) < 4.78 is 0. The van der Waals surface area contributed by atoms with Gasteiger partial charge >= 0.3 is 0 Å².